The number of nitrogens with zero attached hydrogens (tertiary/aromatic N) is 4. The summed E-state index contributed by atoms with van der Waals surface area (Å²) in [6.07, 6.45) is 5.60. The van der Waals surface area contributed by atoms with Gasteiger partial charge >= 0.3 is 6.03 Å². The van der Waals surface area contributed by atoms with Crippen molar-refractivity contribution in [2.45, 2.75) is 39.0 Å². The molecular formula is C25H32N6O3. The summed E-state index contributed by atoms with van der Waals surface area (Å²) in [5, 5.41) is 9.39. The zero-order chi connectivity index (χ0) is 24.0. The van der Waals surface area contributed by atoms with E-state index in [1.54, 1.807) is 6.07 Å². The minimum Gasteiger partial charge on any atom is -0.379 e. The Hall–Kier alpha value is -3.30. The summed E-state index contributed by atoms with van der Waals surface area (Å²) >= 11 is 0. The minimum absolute atomic E-state index is 0.177. The number of morpholine rings is 1. The maximum absolute atomic E-state index is 12.3. The van der Waals surface area contributed by atoms with Crippen molar-refractivity contribution >= 4 is 17.5 Å². The number of carbonyl (C=O) groups excluding carboxylic acids is 1. The number of ether oxygens (including phenoxy) is 1. The molecule has 1 aromatic carbocycles. The monoisotopic (exact) mass is 464 g/mol. The van der Waals surface area contributed by atoms with Gasteiger partial charge in [0.15, 0.2) is 5.82 Å². The van der Waals surface area contributed by atoms with Gasteiger partial charge < -0.3 is 14.6 Å². The van der Waals surface area contributed by atoms with Crippen molar-refractivity contribution in [3.05, 3.63) is 54.3 Å². The standard InChI is InChI=1S/C25H32N6O3/c1-25(2,3)21-15-23(30-34-21)29-24(32)28-20-8-6-18(7-9-20)19-16-26-22(27-17-19)5-4-10-31-11-13-33-14-12-31/h6-9,15-17H,4-5,10-14H2,1-3H3,(H2,28,29,30,32). The molecule has 0 aliphatic carbocycles. The van der Waals surface area contributed by atoms with Crippen LogP contribution in [0.3, 0.4) is 0 Å². The lowest BCUT2D eigenvalue weighted by Crippen LogP contribution is -2.37. The predicted molar refractivity (Wildman–Crippen MR) is 131 cm³/mol. The van der Waals surface area contributed by atoms with E-state index in [2.05, 4.69) is 30.7 Å². The highest BCUT2D eigenvalue weighted by atomic mass is 16.5. The third kappa shape index (κ3) is 6.61. The fourth-order valence-corrected chi connectivity index (χ4v) is 3.63. The summed E-state index contributed by atoms with van der Waals surface area (Å²) in [5.41, 5.74) is 2.41. The Kier molecular flexibility index (Phi) is 7.54. The fourth-order valence-electron chi connectivity index (χ4n) is 3.63. The van der Waals surface area contributed by atoms with Gasteiger partial charge in [0.25, 0.3) is 0 Å². The van der Waals surface area contributed by atoms with Gasteiger partial charge in [0.05, 0.1) is 13.2 Å². The van der Waals surface area contributed by atoms with E-state index in [0.717, 1.165) is 62.6 Å². The van der Waals surface area contributed by atoms with E-state index in [4.69, 9.17) is 9.26 Å². The average Bonchev–Trinajstić information content (AvgIpc) is 3.30. The zero-order valence-electron chi connectivity index (χ0n) is 20.0. The predicted octanol–water partition coefficient (Wildman–Crippen LogP) is 4.34. The average molecular weight is 465 g/mol. The van der Waals surface area contributed by atoms with E-state index in [9.17, 15) is 4.79 Å². The van der Waals surface area contributed by atoms with Crippen molar-refractivity contribution < 1.29 is 14.1 Å². The van der Waals surface area contributed by atoms with Crippen LogP contribution in [0.4, 0.5) is 16.3 Å². The molecule has 0 unspecified atom stereocenters. The number of hydrogen-bond acceptors (Lipinski definition) is 7. The Morgan fingerprint density at radius 3 is 2.38 bits per heavy atom. The van der Waals surface area contributed by atoms with Crippen molar-refractivity contribution in [3.8, 4) is 11.1 Å². The molecule has 2 aromatic heterocycles. The summed E-state index contributed by atoms with van der Waals surface area (Å²) in [7, 11) is 0. The molecular weight excluding hydrogens is 432 g/mol. The Labute approximate surface area is 199 Å². The largest absolute Gasteiger partial charge is 0.379 e. The van der Waals surface area contributed by atoms with Gasteiger partial charge in [-0.05, 0) is 30.7 Å². The van der Waals surface area contributed by atoms with Crippen molar-refractivity contribution in [1.29, 1.82) is 0 Å². The van der Waals surface area contributed by atoms with Crippen LogP contribution in [0, 0.1) is 0 Å². The van der Waals surface area contributed by atoms with Crippen molar-refractivity contribution in [1.82, 2.24) is 20.0 Å². The van der Waals surface area contributed by atoms with Crippen LogP contribution in [0.2, 0.25) is 0 Å². The van der Waals surface area contributed by atoms with Crippen LogP contribution < -0.4 is 10.6 Å². The quantitative estimate of drug-likeness (QED) is 0.536. The van der Waals surface area contributed by atoms with E-state index in [0.29, 0.717) is 17.3 Å². The van der Waals surface area contributed by atoms with Gasteiger partial charge in [-0.3, -0.25) is 10.2 Å². The second-order valence-electron chi connectivity index (χ2n) is 9.43. The van der Waals surface area contributed by atoms with E-state index < -0.39 is 0 Å². The number of carbonyl (C=O) groups is 1. The first-order chi connectivity index (χ1) is 16.4. The second-order valence-corrected chi connectivity index (χ2v) is 9.43. The molecule has 0 saturated carbocycles. The molecule has 0 spiro atoms. The molecule has 3 aromatic rings. The Morgan fingerprint density at radius 2 is 1.74 bits per heavy atom. The molecule has 2 N–H and O–H groups in total. The number of hydrogen-bond donors (Lipinski definition) is 2. The molecule has 0 radical (unpaired) electrons. The van der Waals surface area contributed by atoms with Gasteiger partial charge in [0.2, 0.25) is 0 Å². The van der Waals surface area contributed by atoms with Crippen molar-refractivity contribution in [3.63, 3.8) is 0 Å². The lowest BCUT2D eigenvalue weighted by molar-refractivity contribution is 0.0374. The van der Waals surface area contributed by atoms with Crippen LogP contribution in [0.15, 0.2) is 47.2 Å². The van der Waals surface area contributed by atoms with Gasteiger partial charge in [-0.2, -0.15) is 0 Å². The molecule has 9 heteroatoms. The van der Waals surface area contributed by atoms with Crippen molar-refractivity contribution in [2.75, 3.05) is 43.5 Å². The normalized spacial score (nSPS) is 14.7. The molecule has 0 atom stereocenters. The summed E-state index contributed by atoms with van der Waals surface area (Å²) in [6.45, 7) is 10.8. The van der Waals surface area contributed by atoms with Gasteiger partial charge in [-0.1, -0.05) is 38.1 Å². The van der Waals surface area contributed by atoms with Gasteiger partial charge in [0.1, 0.15) is 11.6 Å². The number of benzene rings is 1. The van der Waals surface area contributed by atoms with Crippen LogP contribution in [0.5, 0.6) is 0 Å². The Morgan fingerprint density at radius 1 is 1.03 bits per heavy atom. The highest BCUT2D eigenvalue weighted by Gasteiger charge is 2.20. The first-order valence-corrected chi connectivity index (χ1v) is 11.6. The second kappa shape index (κ2) is 10.8. The highest BCUT2D eigenvalue weighted by molar-refractivity contribution is 5.99. The first-order valence-electron chi connectivity index (χ1n) is 11.6. The van der Waals surface area contributed by atoms with Crippen molar-refractivity contribution in [2.24, 2.45) is 0 Å². The minimum atomic E-state index is -0.383. The molecule has 0 bridgehead atoms. The number of aromatic nitrogens is 3. The van der Waals surface area contributed by atoms with Gasteiger partial charge in [-0.25, -0.2) is 14.8 Å². The SMILES string of the molecule is CC(C)(C)c1cc(NC(=O)Nc2ccc(-c3cnc(CCCN4CCOCC4)nc3)cc2)no1. The zero-order valence-corrected chi connectivity index (χ0v) is 20.0. The number of amides is 2. The Bertz CT molecular complexity index is 1070. The lowest BCUT2D eigenvalue weighted by Gasteiger charge is -2.26. The molecule has 34 heavy (non-hydrogen) atoms. The third-order valence-electron chi connectivity index (χ3n) is 5.65. The van der Waals surface area contributed by atoms with Crippen LogP contribution in [0.1, 0.15) is 38.8 Å². The molecule has 3 heterocycles. The molecule has 180 valence electrons. The van der Waals surface area contributed by atoms with Gasteiger partial charge in [0, 0.05) is 54.6 Å². The molecule has 2 amide bonds. The number of aryl methyl sites for hydroxylation is 1. The van der Waals surface area contributed by atoms with Crippen LogP contribution >= 0.6 is 0 Å². The summed E-state index contributed by atoms with van der Waals surface area (Å²) < 4.78 is 10.7. The number of nitrogens with one attached hydrogen (secondary N) is 2. The maximum Gasteiger partial charge on any atom is 0.324 e. The number of anilines is 2. The number of urea groups is 1. The smallest absolute Gasteiger partial charge is 0.324 e. The van der Waals surface area contributed by atoms with E-state index in [1.165, 1.54) is 0 Å². The highest BCUT2D eigenvalue weighted by Crippen LogP contribution is 2.25. The summed E-state index contributed by atoms with van der Waals surface area (Å²) in [5.74, 6) is 1.94. The molecule has 1 aliphatic heterocycles. The topological polar surface area (TPSA) is 105 Å². The molecule has 4 rings (SSSR count). The summed E-state index contributed by atoms with van der Waals surface area (Å²) in [6, 6.07) is 8.89. The Balaban J connectivity index is 1.26. The lowest BCUT2D eigenvalue weighted by atomic mass is 9.93. The van der Waals surface area contributed by atoms with E-state index in [-0.39, 0.29) is 11.4 Å². The number of rotatable bonds is 7. The summed E-state index contributed by atoms with van der Waals surface area (Å²) in [4.78, 5) is 23.8. The molecule has 1 saturated heterocycles. The maximum atomic E-state index is 12.3. The van der Waals surface area contributed by atoms with Crippen LogP contribution in [0.25, 0.3) is 11.1 Å². The molecule has 1 fully saturated rings. The molecule has 1 aliphatic rings. The fraction of sp³-hybridized carbons (Fsp3) is 0.440. The van der Waals surface area contributed by atoms with E-state index >= 15 is 0 Å². The van der Waals surface area contributed by atoms with Gasteiger partial charge in [-0.15, -0.1) is 0 Å². The third-order valence-corrected chi connectivity index (χ3v) is 5.65. The first kappa shape index (κ1) is 23.8. The van der Waals surface area contributed by atoms with Crippen LogP contribution in [-0.2, 0) is 16.6 Å². The van der Waals surface area contributed by atoms with Crippen LogP contribution in [-0.4, -0.2) is 58.9 Å². The molecule has 9 nitrogen and oxygen atoms in total. The van der Waals surface area contributed by atoms with E-state index in [1.807, 2.05) is 57.4 Å².